The van der Waals surface area contributed by atoms with Crippen molar-refractivity contribution in [1.29, 1.82) is 0 Å². The maximum absolute atomic E-state index is 11.3. The summed E-state index contributed by atoms with van der Waals surface area (Å²) in [4.78, 5) is 11.3. The van der Waals surface area contributed by atoms with Gasteiger partial charge in [0.2, 0.25) is 0 Å². The van der Waals surface area contributed by atoms with Crippen LogP contribution in [0.25, 0.3) is 0 Å². The Bertz CT molecular complexity index is 425. The van der Waals surface area contributed by atoms with Crippen LogP contribution in [0.4, 0.5) is 11.4 Å². The number of nitrogens with two attached hydrogens (primary N) is 2. The number of carbonyl (C=O) groups is 1. The molecule has 1 aromatic carbocycles. The number of anilines is 2. The number of carbonyl (C=O) groups excluding carboxylic acids is 1. The Hall–Kier alpha value is -1.71. The molecule has 0 bridgehead atoms. The zero-order chi connectivity index (χ0) is 13.0. The maximum Gasteiger partial charge on any atom is 0.250 e. The van der Waals surface area contributed by atoms with Crippen LogP contribution in [0.3, 0.4) is 0 Å². The standard InChI is InChI=1S/C14H21N3O/c15-11-5-6-13(12(9-11)14(16)18)17-8-7-10-3-1-2-4-10/h5-6,9-10,17H,1-4,7-8,15H2,(H2,16,18). The number of nitrogens with one attached hydrogen (secondary N) is 1. The predicted octanol–water partition coefficient (Wildman–Crippen LogP) is 2.36. The van der Waals surface area contributed by atoms with Crippen molar-refractivity contribution in [2.24, 2.45) is 11.7 Å². The van der Waals surface area contributed by atoms with Crippen LogP contribution in [0, 0.1) is 5.92 Å². The van der Waals surface area contributed by atoms with E-state index >= 15 is 0 Å². The van der Waals surface area contributed by atoms with E-state index in [1.165, 1.54) is 25.7 Å². The van der Waals surface area contributed by atoms with Gasteiger partial charge < -0.3 is 16.8 Å². The third-order valence-electron chi connectivity index (χ3n) is 3.65. The van der Waals surface area contributed by atoms with Gasteiger partial charge in [-0.15, -0.1) is 0 Å². The third-order valence-corrected chi connectivity index (χ3v) is 3.65. The molecule has 1 saturated carbocycles. The lowest BCUT2D eigenvalue weighted by atomic mass is 10.0. The first kappa shape index (κ1) is 12.7. The normalized spacial score (nSPS) is 15.8. The molecule has 1 aliphatic rings. The van der Waals surface area contributed by atoms with Crippen LogP contribution in [0.1, 0.15) is 42.5 Å². The second kappa shape index (κ2) is 5.76. The summed E-state index contributed by atoms with van der Waals surface area (Å²) in [5.74, 6) is 0.397. The van der Waals surface area contributed by atoms with Gasteiger partial charge >= 0.3 is 0 Å². The molecule has 0 aliphatic heterocycles. The summed E-state index contributed by atoms with van der Waals surface area (Å²) in [6.07, 6.45) is 6.55. The molecule has 1 aliphatic carbocycles. The van der Waals surface area contributed by atoms with E-state index < -0.39 is 5.91 Å². The van der Waals surface area contributed by atoms with Crippen LogP contribution in [0.15, 0.2) is 18.2 Å². The Balaban J connectivity index is 1.93. The van der Waals surface area contributed by atoms with Crippen molar-refractivity contribution in [3.63, 3.8) is 0 Å². The van der Waals surface area contributed by atoms with Crippen molar-refractivity contribution in [2.75, 3.05) is 17.6 Å². The number of amides is 1. The van der Waals surface area contributed by atoms with E-state index in [0.29, 0.717) is 11.3 Å². The summed E-state index contributed by atoms with van der Waals surface area (Å²) < 4.78 is 0. The van der Waals surface area contributed by atoms with Crippen molar-refractivity contribution in [2.45, 2.75) is 32.1 Å². The first-order chi connectivity index (χ1) is 8.66. The van der Waals surface area contributed by atoms with Gasteiger partial charge in [0, 0.05) is 17.9 Å². The van der Waals surface area contributed by atoms with Crippen molar-refractivity contribution >= 4 is 17.3 Å². The topological polar surface area (TPSA) is 81.1 Å². The average Bonchev–Trinajstić information content (AvgIpc) is 2.84. The van der Waals surface area contributed by atoms with Crippen LogP contribution in [0.2, 0.25) is 0 Å². The van der Waals surface area contributed by atoms with E-state index in [-0.39, 0.29) is 0 Å². The fraction of sp³-hybridized carbons (Fsp3) is 0.500. The van der Waals surface area contributed by atoms with Crippen LogP contribution < -0.4 is 16.8 Å². The van der Waals surface area contributed by atoms with E-state index in [1.54, 1.807) is 12.1 Å². The Labute approximate surface area is 108 Å². The number of benzene rings is 1. The van der Waals surface area contributed by atoms with E-state index in [0.717, 1.165) is 24.6 Å². The summed E-state index contributed by atoms with van der Waals surface area (Å²) in [5.41, 5.74) is 12.8. The molecule has 1 amide bonds. The largest absolute Gasteiger partial charge is 0.399 e. The molecule has 4 heteroatoms. The Morgan fingerprint density at radius 1 is 1.33 bits per heavy atom. The number of primary amides is 1. The molecule has 1 fully saturated rings. The molecule has 0 atom stereocenters. The molecule has 0 spiro atoms. The van der Waals surface area contributed by atoms with Crippen LogP contribution in [-0.4, -0.2) is 12.5 Å². The van der Waals surface area contributed by atoms with Gasteiger partial charge in [-0.25, -0.2) is 0 Å². The lowest BCUT2D eigenvalue weighted by Crippen LogP contribution is -2.16. The molecule has 0 saturated heterocycles. The molecule has 4 nitrogen and oxygen atoms in total. The zero-order valence-corrected chi connectivity index (χ0v) is 10.6. The molecule has 18 heavy (non-hydrogen) atoms. The second-order valence-corrected chi connectivity index (χ2v) is 5.04. The van der Waals surface area contributed by atoms with Crippen molar-refractivity contribution in [1.82, 2.24) is 0 Å². The highest BCUT2D eigenvalue weighted by Crippen LogP contribution is 2.27. The highest BCUT2D eigenvalue weighted by Gasteiger charge is 2.15. The lowest BCUT2D eigenvalue weighted by Gasteiger charge is -2.13. The van der Waals surface area contributed by atoms with Gasteiger partial charge in [-0.3, -0.25) is 4.79 Å². The van der Waals surface area contributed by atoms with Crippen molar-refractivity contribution < 1.29 is 4.79 Å². The predicted molar refractivity (Wildman–Crippen MR) is 74.4 cm³/mol. The van der Waals surface area contributed by atoms with Crippen LogP contribution in [0.5, 0.6) is 0 Å². The van der Waals surface area contributed by atoms with Gasteiger partial charge in [0.15, 0.2) is 0 Å². The molecule has 5 N–H and O–H groups in total. The van der Waals surface area contributed by atoms with Crippen molar-refractivity contribution in [3.05, 3.63) is 23.8 Å². The molecule has 0 unspecified atom stereocenters. The molecular formula is C14H21N3O. The van der Waals surface area contributed by atoms with Crippen LogP contribution in [-0.2, 0) is 0 Å². The highest BCUT2D eigenvalue weighted by atomic mass is 16.1. The zero-order valence-electron chi connectivity index (χ0n) is 10.6. The Kier molecular flexibility index (Phi) is 4.07. The molecule has 0 radical (unpaired) electrons. The highest BCUT2D eigenvalue weighted by molar-refractivity contribution is 5.99. The second-order valence-electron chi connectivity index (χ2n) is 5.04. The smallest absolute Gasteiger partial charge is 0.250 e. The van der Waals surface area contributed by atoms with Crippen LogP contribution >= 0.6 is 0 Å². The summed E-state index contributed by atoms with van der Waals surface area (Å²) in [5, 5.41) is 3.29. The van der Waals surface area contributed by atoms with Gasteiger partial charge in [0.25, 0.3) is 5.91 Å². The first-order valence-electron chi connectivity index (χ1n) is 6.60. The van der Waals surface area contributed by atoms with Crippen molar-refractivity contribution in [3.8, 4) is 0 Å². The maximum atomic E-state index is 11.3. The monoisotopic (exact) mass is 247 g/mol. The van der Waals surface area contributed by atoms with E-state index in [1.807, 2.05) is 6.07 Å². The van der Waals surface area contributed by atoms with Gasteiger partial charge in [0.05, 0.1) is 5.56 Å². The average molecular weight is 247 g/mol. The van der Waals surface area contributed by atoms with Gasteiger partial charge in [-0.2, -0.15) is 0 Å². The molecule has 98 valence electrons. The van der Waals surface area contributed by atoms with E-state index in [4.69, 9.17) is 11.5 Å². The van der Waals surface area contributed by atoms with Gasteiger partial charge in [-0.1, -0.05) is 25.7 Å². The SMILES string of the molecule is NC(=O)c1cc(N)ccc1NCCC1CCCC1. The molecule has 0 heterocycles. The summed E-state index contributed by atoms with van der Waals surface area (Å²) in [6, 6.07) is 5.23. The van der Waals surface area contributed by atoms with E-state index in [2.05, 4.69) is 5.32 Å². The number of hydrogen-bond donors (Lipinski definition) is 3. The molecular weight excluding hydrogens is 226 g/mol. The third kappa shape index (κ3) is 3.15. The fourth-order valence-electron chi connectivity index (χ4n) is 2.63. The quantitative estimate of drug-likeness (QED) is 0.699. The minimum absolute atomic E-state index is 0.439. The Morgan fingerprint density at radius 3 is 2.72 bits per heavy atom. The summed E-state index contributed by atoms with van der Waals surface area (Å²) in [6.45, 7) is 0.884. The van der Waals surface area contributed by atoms with Gasteiger partial charge in [-0.05, 0) is 30.5 Å². The number of hydrogen-bond acceptors (Lipinski definition) is 3. The fourth-order valence-corrected chi connectivity index (χ4v) is 2.63. The molecule has 0 aromatic heterocycles. The number of rotatable bonds is 5. The van der Waals surface area contributed by atoms with E-state index in [9.17, 15) is 4.79 Å². The molecule has 2 rings (SSSR count). The summed E-state index contributed by atoms with van der Waals surface area (Å²) >= 11 is 0. The first-order valence-corrected chi connectivity index (χ1v) is 6.60. The lowest BCUT2D eigenvalue weighted by molar-refractivity contribution is 0.100. The molecule has 1 aromatic rings. The van der Waals surface area contributed by atoms with Gasteiger partial charge in [0.1, 0.15) is 0 Å². The summed E-state index contributed by atoms with van der Waals surface area (Å²) in [7, 11) is 0. The minimum atomic E-state index is -0.439. The minimum Gasteiger partial charge on any atom is -0.399 e. The number of nitrogen functional groups attached to an aromatic ring is 1. The Morgan fingerprint density at radius 2 is 2.06 bits per heavy atom.